The van der Waals surface area contributed by atoms with E-state index in [1.54, 1.807) is 39.8 Å². The van der Waals surface area contributed by atoms with E-state index in [0.29, 0.717) is 11.4 Å². The van der Waals surface area contributed by atoms with Crippen molar-refractivity contribution >= 4 is 17.7 Å². The van der Waals surface area contributed by atoms with Gasteiger partial charge in [-0.3, -0.25) is 0 Å². The lowest BCUT2D eigenvalue weighted by Crippen LogP contribution is -2.28. The van der Waals surface area contributed by atoms with E-state index in [1.165, 1.54) is 12.3 Å². The number of carbonyl (C=O) groups excluding carboxylic acids is 2. The molecule has 0 aromatic carbocycles. The number of pyridine rings is 1. The van der Waals surface area contributed by atoms with Gasteiger partial charge in [-0.1, -0.05) is 5.16 Å². The Labute approximate surface area is 139 Å². The molecule has 8 nitrogen and oxygen atoms in total. The molecule has 128 valence electrons. The molecule has 8 heteroatoms. The summed E-state index contributed by atoms with van der Waals surface area (Å²) < 4.78 is 10.2. The van der Waals surface area contributed by atoms with Crippen molar-refractivity contribution < 1.29 is 18.8 Å². The molecule has 0 atom stereocenters. The summed E-state index contributed by atoms with van der Waals surface area (Å²) in [5.41, 5.74) is 0.670. The Hall–Kier alpha value is -2.90. The van der Waals surface area contributed by atoms with Gasteiger partial charge in [0.2, 0.25) is 0 Å². The average molecular weight is 332 g/mol. The molecule has 24 heavy (non-hydrogen) atoms. The summed E-state index contributed by atoms with van der Waals surface area (Å²) in [7, 11) is 0. The molecule has 0 bridgehead atoms. The number of hydrogen-bond donors (Lipinski definition) is 2. The van der Waals surface area contributed by atoms with Crippen LogP contribution < -0.4 is 10.6 Å². The molecule has 2 aromatic rings. The standard InChI is InChI=1S/C16H20N4O4/c1-10-7-12(24-20-10)9-18-15(22)19-11-5-6-17-13(8-11)14(21)23-16(2,3)4/h5-8H,9H2,1-4H3,(H2,17,18,19,22). The third-order valence-corrected chi connectivity index (χ3v) is 2.73. The van der Waals surface area contributed by atoms with Gasteiger partial charge in [0.1, 0.15) is 11.3 Å². The van der Waals surface area contributed by atoms with Crippen LogP contribution in [0.2, 0.25) is 0 Å². The van der Waals surface area contributed by atoms with Gasteiger partial charge in [0, 0.05) is 18.0 Å². The highest BCUT2D eigenvalue weighted by molar-refractivity contribution is 5.92. The maximum atomic E-state index is 12.0. The fraction of sp³-hybridized carbons (Fsp3) is 0.375. The molecule has 0 radical (unpaired) electrons. The first-order chi connectivity index (χ1) is 11.2. The van der Waals surface area contributed by atoms with Crippen LogP contribution in [0.5, 0.6) is 0 Å². The van der Waals surface area contributed by atoms with Gasteiger partial charge >= 0.3 is 12.0 Å². The van der Waals surface area contributed by atoms with Crippen LogP contribution in [0.3, 0.4) is 0 Å². The molecule has 2 heterocycles. The van der Waals surface area contributed by atoms with Crippen molar-refractivity contribution in [3.8, 4) is 0 Å². The fourth-order valence-electron chi connectivity index (χ4n) is 1.79. The van der Waals surface area contributed by atoms with Crippen molar-refractivity contribution in [3.63, 3.8) is 0 Å². The van der Waals surface area contributed by atoms with Crippen LogP contribution in [0.15, 0.2) is 28.9 Å². The minimum absolute atomic E-state index is 0.119. The second-order valence-corrected chi connectivity index (χ2v) is 6.17. The lowest BCUT2D eigenvalue weighted by atomic mass is 10.2. The zero-order chi connectivity index (χ0) is 17.7. The number of nitrogens with one attached hydrogen (secondary N) is 2. The van der Waals surface area contributed by atoms with Crippen LogP contribution >= 0.6 is 0 Å². The van der Waals surface area contributed by atoms with Gasteiger partial charge in [-0.05, 0) is 39.8 Å². The minimum atomic E-state index is -0.616. The van der Waals surface area contributed by atoms with Gasteiger partial charge in [0.25, 0.3) is 0 Å². The smallest absolute Gasteiger partial charge is 0.357 e. The molecular formula is C16H20N4O4. The van der Waals surface area contributed by atoms with Crippen molar-refractivity contribution in [1.29, 1.82) is 0 Å². The van der Waals surface area contributed by atoms with E-state index in [0.717, 1.165) is 5.69 Å². The highest BCUT2D eigenvalue weighted by atomic mass is 16.6. The molecule has 0 fully saturated rings. The van der Waals surface area contributed by atoms with Gasteiger partial charge in [-0.15, -0.1) is 0 Å². The molecule has 2 rings (SSSR count). The van der Waals surface area contributed by atoms with Crippen molar-refractivity contribution in [3.05, 3.63) is 41.5 Å². The highest BCUT2D eigenvalue weighted by Crippen LogP contribution is 2.14. The van der Waals surface area contributed by atoms with Crippen molar-refractivity contribution in [2.75, 3.05) is 5.32 Å². The zero-order valence-corrected chi connectivity index (χ0v) is 14.0. The predicted octanol–water partition coefficient (Wildman–Crippen LogP) is 2.66. The number of esters is 1. The first kappa shape index (κ1) is 17.5. The summed E-state index contributed by atoms with van der Waals surface area (Å²) >= 11 is 0. The van der Waals surface area contributed by atoms with Crippen LogP contribution in [-0.2, 0) is 11.3 Å². The third kappa shape index (κ3) is 5.38. The summed E-state index contributed by atoms with van der Waals surface area (Å²) in [5.74, 6) is -0.00415. The number of nitrogens with zero attached hydrogens (tertiary/aromatic N) is 2. The Morgan fingerprint density at radius 3 is 2.67 bits per heavy atom. The van der Waals surface area contributed by atoms with Gasteiger partial charge in [-0.25, -0.2) is 14.6 Å². The second kappa shape index (κ2) is 7.12. The number of hydrogen-bond acceptors (Lipinski definition) is 6. The van der Waals surface area contributed by atoms with E-state index in [2.05, 4.69) is 20.8 Å². The molecule has 0 aliphatic rings. The highest BCUT2D eigenvalue weighted by Gasteiger charge is 2.19. The Morgan fingerprint density at radius 2 is 2.04 bits per heavy atom. The normalized spacial score (nSPS) is 11.0. The summed E-state index contributed by atoms with van der Waals surface area (Å²) in [6.07, 6.45) is 1.43. The van der Waals surface area contributed by atoms with Crippen LogP contribution in [0.1, 0.15) is 42.7 Å². The fourth-order valence-corrected chi connectivity index (χ4v) is 1.79. The van der Waals surface area contributed by atoms with Crippen molar-refractivity contribution in [2.24, 2.45) is 0 Å². The maximum absolute atomic E-state index is 12.0. The quantitative estimate of drug-likeness (QED) is 0.834. The van der Waals surface area contributed by atoms with Crippen LogP contribution in [0, 0.1) is 6.92 Å². The van der Waals surface area contributed by atoms with E-state index in [4.69, 9.17) is 9.26 Å². The number of carbonyl (C=O) groups is 2. The molecule has 0 saturated heterocycles. The largest absolute Gasteiger partial charge is 0.455 e. The number of ether oxygens (including phenoxy) is 1. The monoisotopic (exact) mass is 332 g/mol. The Balaban J connectivity index is 1.93. The number of aryl methyl sites for hydroxylation is 1. The van der Waals surface area contributed by atoms with Gasteiger partial charge in [0.05, 0.1) is 12.2 Å². The average Bonchev–Trinajstić information content (AvgIpc) is 2.89. The topological polar surface area (TPSA) is 106 Å². The Bertz CT molecular complexity index is 734. The van der Waals surface area contributed by atoms with E-state index in [-0.39, 0.29) is 12.2 Å². The third-order valence-electron chi connectivity index (χ3n) is 2.73. The zero-order valence-electron chi connectivity index (χ0n) is 14.0. The Kier molecular flexibility index (Phi) is 5.18. The molecule has 0 aliphatic carbocycles. The van der Waals surface area contributed by atoms with Crippen LogP contribution in [-0.4, -0.2) is 27.7 Å². The minimum Gasteiger partial charge on any atom is -0.455 e. The predicted molar refractivity (Wildman–Crippen MR) is 86.5 cm³/mol. The van der Waals surface area contributed by atoms with E-state index >= 15 is 0 Å². The van der Waals surface area contributed by atoms with E-state index in [9.17, 15) is 9.59 Å². The van der Waals surface area contributed by atoms with E-state index < -0.39 is 17.6 Å². The molecule has 0 spiro atoms. The van der Waals surface area contributed by atoms with Gasteiger partial charge in [-0.2, -0.15) is 0 Å². The summed E-state index contributed by atoms with van der Waals surface area (Å²) in [5, 5.41) is 8.98. The molecule has 2 N–H and O–H groups in total. The lowest BCUT2D eigenvalue weighted by molar-refractivity contribution is 0.00628. The molecule has 0 saturated carbocycles. The van der Waals surface area contributed by atoms with Crippen molar-refractivity contribution in [2.45, 2.75) is 39.8 Å². The number of anilines is 1. The van der Waals surface area contributed by atoms with Crippen molar-refractivity contribution in [1.82, 2.24) is 15.5 Å². The lowest BCUT2D eigenvalue weighted by Gasteiger charge is -2.19. The number of urea groups is 1. The molecular weight excluding hydrogens is 312 g/mol. The summed E-state index contributed by atoms with van der Waals surface area (Å²) in [6.45, 7) is 7.31. The molecule has 0 aliphatic heterocycles. The first-order valence-corrected chi connectivity index (χ1v) is 7.39. The SMILES string of the molecule is Cc1cc(CNC(=O)Nc2ccnc(C(=O)OC(C)(C)C)c2)on1. The van der Waals surface area contributed by atoms with E-state index in [1.807, 2.05) is 0 Å². The number of amides is 2. The number of rotatable bonds is 4. The Morgan fingerprint density at radius 1 is 1.29 bits per heavy atom. The van der Waals surface area contributed by atoms with Crippen LogP contribution in [0.25, 0.3) is 0 Å². The number of aromatic nitrogens is 2. The van der Waals surface area contributed by atoms with Gasteiger partial charge in [0.15, 0.2) is 5.76 Å². The molecule has 0 unspecified atom stereocenters. The summed E-state index contributed by atoms with van der Waals surface area (Å²) in [6, 6.07) is 4.32. The van der Waals surface area contributed by atoms with Gasteiger partial charge < -0.3 is 19.9 Å². The first-order valence-electron chi connectivity index (χ1n) is 7.39. The second-order valence-electron chi connectivity index (χ2n) is 6.17. The van der Waals surface area contributed by atoms with Crippen LogP contribution in [0.4, 0.5) is 10.5 Å². The summed E-state index contributed by atoms with van der Waals surface area (Å²) in [4.78, 5) is 27.8. The maximum Gasteiger partial charge on any atom is 0.357 e. The molecule has 2 aromatic heterocycles. The molecule has 2 amide bonds.